The van der Waals surface area contributed by atoms with E-state index in [1.165, 1.54) is 0 Å². The minimum absolute atomic E-state index is 0.0312. The van der Waals surface area contributed by atoms with Crippen LogP contribution in [0.4, 0.5) is 0 Å². The van der Waals surface area contributed by atoms with Crippen LogP contribution in [0.3, 0.4) is 0 Å². The minimum atomic E-state index is -0.145. The Bertz CT molecular complexity index is 28.0. The summed E-state index contributed by atoms with van der Waals surface area (Å²) in [5.74, 6) is 0. The van der Waals surface area contributed by atoms with Crippen molar-refractivity contribution in [2.24, 2.45) is 0 Å². The molecule has 0 aliphatic rings. The van der Waals surface area contributed by atoms with Gasteiger partial charge in [-0.1, -0.05) is 0 Å². The van der Waals surface area contributed by atoms with Gasteiger partial charge < -0.3 is 9.29 Å². The monoisotopic (exact) mass is 108 g/mol. The molecule has 0 radical (unpaired) electrons. The molecule has 0 saturated carbocycles. The third-order valence-corrected chi connectivity index (χ3v) is 0.797. The molecular formula is C3H8O2S. The molecule has 38 valence electrons. The van der Waals surface area contributed by atoms with Crippen LogP contribution in [0.5, 0.6) is 0 Å². The second-order valence-corrected chi connectivity index (χ2v) is 1.31. The predicted molar refractivity (Wildman–Crippen MR) is 26.6 cm³/mol. The van der Waals surface area contributed by atoms with E-state index in [1.54, 1.807) is 6.92 Å². The summed E-state index contributed by atoms with van der Waals surface area (Å²) in [6.45, 7) is 1.76. The average Bonchev–Trinajstić information content (AvgIpc) is 1.65. The number of aliphatic hydroxyl groups is 1. The highest BCUT2D eigenvalue weighted by molar-refractivity contribution is 7.75. The van der Waals surface area contributed by atoms with Gasteiger partial charge in [-0.15, -0.1) is 0 Å². The van der Waals surface area contributed by atoms with Crippen molar-refractivity contribution >= 4 is 12.9 Å². The molecule has 3 heteroatoms. The van der Waals surface area contributed by atoms with E-state index in [9.17, 15) is 0 Å². The lowest BCUT2D eigenvalue weighted by Gasteiger charge is -1.98. The van der Waals surface area contributed by atoms with Crippen molar-refractivity contribution in [2.75, 3.05) is 6.61 Å². The van der Waals surface area contributed by atoms with E-state index in [0.29, 0.717) is 0 Å². The molecule has 2 nitrogen and oxygen atoms in total. The molecule has 0 aliphatic heterocycles. The summed E-state index contributed by atoms with van der Waals surface area (Å²) in [5, 5.41) is 8.16. The summed E-state index contributed by atoms with van der Waals surface area (Å²) >= 11 is 3.44. The van der Waals surface area contributed by atoms with Crippen molar-refractivity contribution in [3.63, 3.8) is 0 Å². The van der Waals surface area contributed by atoms with Crippen LogP contribution in [0, 0.1) is 0 Å². The Morgan fingerprint density at radius 3 is 2.50 bits per heavy atom. The molecule has 1 N–H and O–H groups in total. The summed E-state index contributed by atoms with van der Waals surface area (Å²) in [5.41, 5.74) is 0. The minimum Gasteiger partial charge on any atom is -0.394 e. The van der Waals surface area contributed by atoms with Gasteiger partial charge in [0.25, 0.3) is 0 Å². The van der Waals surface area contributed by atoms with Crippen LogP contribution in [-0.2, 0) is 4.18 Å². The zero-order chi connectivity index (χ0) is 4.99. The van der Waals surface area contributed by atoms with Crippen LogP contribution in [0.2, 0.25) is 0 Å². The highest BCUT2D eigenvalue weighted by Gasteiger charge is 1.91. The molecule has 0 aromatic rings. The Morgan fingerprint density at radius 2 is 2.50 bits per heavy atom. The van der Waals surface area contributed by atoms with Crippen molar-refractivity contribution in [1.82, 2.24) is 0 Å². The second-order valence-electron chi connectivity index (χ2n) is 1.10. The molecule has 0 rings (SSSR count). The molecule has 0 aromatic heterocycles. The van der Waals surface area contributed by atoms with Crippen molar-refractivity contribution in [2.45, 2.75) is 13.0 Å². The molecular weight excluding hydrogens is 100 g/mol. The summed E-state index contributed by atoms with van der Waals surface area (Å²) in [6.07, 6.45) is -0.145. The van der Waals surface area contributed by atoms with Gasteiger partial charge in [0.1, 0.15) is 0 Å². The van der Waals surface area contributed by atoms with Gasteiger partial charge >= 0.3 is 0 Å². The maximum absolute atomic E-state index is 8.16. The zero-order valence-electron chi connectivity index (χ0n) is 3.59. The predicted octanol–water partition coefficient (Wildman–Crippen LogP) is 0.229. The number of hydrogen-bond donors (Lipinski definition) is 2. The first-order valence-electron chi connectivity index (χ1n) is 1.72. The molecule has 0 aliphatic carbocycles. The number of thiol groups is 1. The van der Waals surface area contributed by atoms with Gasteiger partial charge in [-0.05, 0) is 19.8 Å². The van der Waals surface area contributed by atoms with E-state index in [4.69, 9.17) is 5.11 Å². The fraction of sp³-hybridized carbons (Fsp3) is 1.00. The van der Waals surface area contributed by atoms with Crippen LogP contribution in [0.15, 0.2) is 0 Å². The van der Waals surface area contributed by atoms with Crippen molar-refractivity contribution in [1.29, 1.82) is 0 Å². The molecule has 0 spiro atoms. The molecule has 0 heterocycles. The van der Waals surface area contributed by atoms with Gasteiger partial charge in [-0.25, -0.2) is 0 Å². The second kappa shape index (κ2) is 3.46. The first kappa shape index (κ1) is 6.27. The molecule has 0 saturated heterocycles. The lowest BCUT2D eigenvalue weighted by molar-refractivity contribution is 0.153. The van der Waals surface area contributed by atoms with Gasteiger partial charge in [0.2, 0.25) is 0 Å². The Hall–Kier alpha value is 0.270. The van der Waals surface area contributed by atoms with Crippen LogP contribution in [0.25, 0.3) is 0 Å². The van der Waals surface area contributed by atoms with Crippen molar-refractivity contribution in [3.05, 3.63) is 0 Å². The molecule has 0 amide bonds. The molecule has 6 heavy (non-hydrogen) atoms. The third kappa shape index (κ3) is 2.50. The van der Waals surface area contributed by atoms with Crippen LogP contribution in [-0.4, -0.2) is 17.8 Å². The van der Waals surface area contributed by atoms with Crippen molar-refractivity contribution < 1.29 is 9.29 Å². The number of hydrogen-bond acceptors (Lipinski definition) is 3. The Labute approximate surface area is 42.7 Å². The normalized spacial score (nSPS) is 14.5. The maximum atomic E-state index is 8.16. The van der Waals surface area contributed by atoms with Crippen LogP contribution < -0.4 is 0 Å². The molecule has 0 bridgehead atoms. The molecule has 0 fully saturated rings. The van der Waals surface area contributed by atoms with E-state index < -0.39 is 0 Å². The lowest BCUT2D eigenvalue weighted by Crippen LogP contribution is -2.05. The molecule has 0 unspecified atom stereocenters. The van der Waals surface area contributed by atoms with Gasteiger partial charge in [0, 0.05) is 0 Å². The third-order valence-electron chi connectivity index (χ3n) is 0.437. The first-order chi connectivity index (χ1) is 2.81. The van der Waals surface area contributed by atoms with Gasteiger partial charge in [0.05, 0.1) is 12.7 Å². The zero-order valence-corrected chi connectivity index (χ0v) is 4.48. The summed E-state index contributed by atoms with van der Waals surface area (Å²) in [4.78, 5) is 0. The highest BCUT2D eigenvalue weighted by atomic mass is 32.1. The fourth-order valence-electron chi connectivity index (χ4n) is 0.0333. The maximum Gasteiger partial charge on any atom is 0.0921 e. The Balaban J connectivity index is 2.75. The SMILES string of the molecule is C[C@@H](CO)OS. The van der Waals surface area contributed by atoms with E-state index in [1.807, 2.05) is 0 Å². The number of aliphatic hydroxyl groups excluding tert-OH is 1. The van der Waals surface area contributed by atoms with Gasteiger partial charge in [-0.2, -0.15) is 0 Å². The average molecular weight is 108 g/mol. The van der Waals surface area contributed by atoms with E-state index >= 15 is 0 Å². The van der Waals surface area contributed by atoms with Crippen LogP contribution in [0.1, 0.15) is 6.92 Å². The quantitative estimate of drug-likeness (QED) is 0.391. The van der Waals surface area contributed by atoms with E-state index in [0.717, 1.165) is 0 Å². The summed E-state index contributed by atoms with van der Waals surface area (Å²) in [7, 11) is 0. The Kier molecular flexibility index (Phi) is 3.62. The number of rotatable bonds is 2. The largest absolute Gasteiger partial charge is 0.394 e. The lowest BCUT2D eigenvalue weighted by atomic mass is 10.5. The smallest absolute Gasteiger partial charge is 0.0921 e. The fourth-order valence-corrected chi connectivity index (χ4v) is 0.100. The van der Waals surface area contributed by atoms with Crippen molar-refractivity contribution in [3.8, 4) is 0 Å². The van der Waals surface area contributed by atoms with E-state index in [2.05, 4.69) is 17.1 Å². The molecule has 0 aromatic carbocycles. The summed E-state index contributed by atoms with van der Waals surface area (Å²) < 4.78 is 4.34. The van der Waals surface area contributed by atoms with Gasteiger partial charge in [0.15, 0.2) is 0 Å². The van der Waals surface area contributed by atoms with Crippen LogP contribution >= 0.6 is 12.9 Å². The van der Waals surface area contributed by atoms with E-state index in [-0.39, 0.29) is 12.7 Å². The highest BCUT2D eigenvalue weighted by Crippen LogP contribution is 1.88. The topological polar surface area (TPSA) is 29.5 Å². The first-order valence-corrected chi connectivity index (χ1v) is 2.09. The summed E-state index contributed by atoms with van der Waals surface area (Å²) in [6, 6.07) is 0. The van der Waals surface area contributed by atoms with Gasteiger partial charge in [-0.3, -0.25) is 0 Å². The standard InChI is InChI=1S/C3H8O2S/c1-3(2-4)5-6/h3-4,6H,2H2,1H3/t3-/m0/s1. The Morgan fingerprint density at radius 1 is 2.00 bits per heavy atom. The molecule has 1 atom stereocenters.